The fourth-order valence-corrected chi connectivity index (χ4v) is 5.80. The van der Waals surface area contributed by atoms with Gasteiger partial charge in [-0.15, -0.1) is 0 Å². The van der Waals surface area contributed by atoms with Gasteiger partial charge < -0.3 is 14.0 Å². The molecule has 5 rings (SSSR count). The SMILES string of the molecule is [2H]C1([2H])C(OC(=O)Nc2ccc3c(c2)c(Cc2ccc(C(=O)NS(=O)(=O)c4ccccc4C)cc2OC)cn3C)C([2H])([2H])C([2H])([2H])C1([2H])[2H]. The zero-order valence-corrected chi connectivity index (χ0v) is 23.3. The van der Waals surface area contributed by atoms with Crippen LogP contribution < -0.4 is 14.8 Å². The highest BCUT2D eigenvalue weighted by molar-refractivity contribution is 7.90. The molecule has 0 bridgehead atoms. The summed E-state index contributed by atoms with van der Waals surface area (Å²) in [6.45, 7) is 1.62. The molecule has 10 heteroatoms. The van der Waals surface area contributed by atoms with Crippen LogP contribution in [0.4, 0.5) is 10.5 Å². The van der Waals surface area contributed by atoms with Crippen molar-refractivity contribution in [2.45, 2.75) is 49.8 Å². The van der Waals surface area contributed by atoms with Gasteiger partial charge in [-0.1, -0.05) is 24.3 Å². The van der Waals surface area contributed by atoms with Gasteiger partial charge in [-0.25, -0.2) is 17.9 Å². The summed E-state index contributed by atoms with van der Waals surface area (Å²) in [5, 5.41) is 3.07. The Morgan fingerprint density at radius 1 is 1.05 bits per heavy atom. The van der Waals surface area contributed by atoms with E-state index < -0.39 is 53.6 Å². The van der Waals surface area contributed by atoms with Crippen molar-refractivity contribution in [3.8, 4) is 5.75 Å². The molecule has 0 atom stereocenters. The Kier molecular flexibility index (Phi) is 5.61. The molecule has 1 aliphatic carbocycles. The molecule has 214 valence electrons. The Balaban J connectivity index is 1.36. The van der Waals surface area contributed by atoms with E-state index in [2.05, 4.69) is 10.0 Å². The van der Waals surface area contributed by atoms with Gasteiger partial charge in [0, 0.05) is 52.8 Å². The number of hydrogen-bond donors (Lipinski definition) is 2. The van der Waals surface area contributed by atoms with Gasteiger partial charge in [0.25, 0.3) is 15.9 Å². The molecule has 2 amide bonds. The Labute approximate surface area is 250 Å². The standard InChI is InChI=1S/C31H33N3O6S/c1-20-8-4-7-11-29(20)41(37,38)33-30(35)22-13-12-21(28(17-22)39-3)16-23-19-34(2)27-15-14-24(18-26(23)27)32-31(36)40-25-9-5-6-10-25/h4,7-8,11-15,17-19,25H,5-6,9-10,16H2,1-3H3,(H,32,36)(H,33,35)/i5D2,6D2,9D2,10D2. The number of carbonyl (C=O) groups excluding carboxylic acids is 2. The monoisotopic (exact) mass is 583 g/mol. The number of carbonyl (C=O) groups is 2. The van der Waals surface area contributed by atoms with Gasteiger partial charge in [-0.05, 0) is 85.5 Å². The van der Waals surface area contributed by atoms with Gasteiger partial charge in [0.2, 0.25) is 0 Å². The van der Waals surface area contributed by atoms with Crippen molar-refractivity contribution in [1.82, 2.24) is 9.29 Å². The number of nitrogens with zero attached hydrogens (tertiary/aromatic N) is 1. The van der Waals surface area contributed by atoms with Crippen molar-refractivity contribution in [3.05, 3.63) is 89.1 Å². The number of rotatable bonds is 8. The van der Waals surface area contributed by atoms with Gasteiger partial charge in [0.1, 0.15) is 11.9 Å². The van der Waals surface area contributed by atoms with Crippen LogP contribution in [-0.2, 0) is 28.2 Å². The molecule has 2 N–H and O–H groups in total. The molecule has 1 saturated carbocycles. The lowest BCUT2D eigenvalue weighted by Gasteiger charge is -2.13. The molecule has 0 radical (unpaired) electrons. The number of hydrogen-bond acceptors (Lipinski definition) is 6. The summed E-state index contributed by atoms with van der Waals surface area (Å²) >= 11 is 0. The average molecular weight is 584 g/mol. The molecule has 3 aromatic carbocycles. The van der Waals surface area contributed by atoms with E-state index in [9.17, 15) is 18.0 Å². The van der Waals surface area contributed by atoms with Crippen LogP contribution in [0.2, 0.25) is 0 Å². The summed E-state index contributed by atoms with van der Waals surface area (Å²) in [6.07, 6.45) is -14.5. The van der Waals surface area contributed by atoms with Crippen LogP contribution in [0.15, 0.2) is 71.8 Å². The van der Waals surface area contributed by atoms with Crippen molar-refractivity contribution in [2.24, 2.45) is 7.05 Å². The second-order valence-corrected chi connectivity index (χ2v) is 11.0. The predicted molar refractivity (Wildman–Crippen MR) is 157 cm³/mol. The molecular weight excluding hydrogens is 542 g/mol. The Morgan fingerprint density at radius 2 is 1.80 bits per heavy atom. The molecule has 4 aromatic rings. The van der Waals surface area contributed by atoms with Gasteiger partial charge in [-0.3, -0.25) is 10.1 Å². The van der Waals surface area contributed by atoms with Crippen molar-refractivity contribution >= 4 is 38.6 Å². The molecule has 0 saturated heterocycles. The fourth-order valence-electron chi connectivity index (χ4n) is 4.58. The zero-order chi connectivity index (χ0) is 36.3. The highest BCUT2D eigenvalue weighted by Crippen LogP contribution is 2.30. The van der Waals surface area contributed by atoms with Gasteiger partial charge in [0.15, 0.2) is 0 Å². The van der Waals surface area contributed by atoms with Crippen LogP contribution in [-0.4, -0.2) is 38.2 Å². The first kappa shape index (κ1) is 19.7. The molecule has 9 nitrogen and oxygen atoms in total. The second kappa shape index (κ2) is 11.7. The molecule has 0 spiro atoms. The fraction of sp³-hybridized carbons (Fsp3) is 0.290. The summed E-state index contributed by atoms with van der Waals surface area (Å²) in [5.74, 6) is -0.525. The maximum Gasteiger partial charge on any atom is 0.411 e. The van der Waals surface area contributed by atoms with E-state index in [4.69, 9.17) is 20.4 Å². The lowest BCUT2D eigenvalue weighted by atomic mass is 10.0. The molecule has 0 unspecified atom stereocenters. The van der Waals surface area contributed by atoms with Crippen LogP contribution in [0.3, 0.4) is 0 Å². The summed E-state index contributed by atoms with van der Waals surface area (Å²) in [7, 11) is -0.918. The van der Waals surface area contributed by atoms with Crippen molar-refractivity contribution < 1.29 is 38.4 Å². The number of aryl methyl sites for hydroxylation is 2. The van der Waals surface area contributed by atoms with Crippen LogP contribution >= 0.6 is 0 Å². The molecule has 41 heavy (non-hydrogen) atoms. The highest BCUT2D eigenvalue weighted by atomic mass is 32.2. The number of fused-ring (bicyclic) bond motifs is 1. The van der Waals surface area contributed by atoms with E-state index in [1.165, 1.54) is 31.4 Å². The molecule has 1 aliphatic rings. The minimum Gasteiger partial charge on any atom is -0.496 e. The molecule has 0 aliphatic heterocycles. The van der Waals surface area contributed by atoms with Crippen LogP contribution in [0.1, 0.15) is 63.5 Å². The van der Waals surface area contributed by atoms with Crippen LogP contribution in [0.5, 0.6) is 5.75 Å². The number of aromatic nitrogens is 1. The van der Waals surface area contributed by atoms with Gasteiger partial charge >= 0.3 is 6.09 Å². The number of ether oxygens (including phenoxy) is 2. The van der Waals surface area contributed by atoms with E-state index in [0.29, 0.717) is 22.3 Å². The smallest absolute Gasteiger partial charge is 0.411 e. The third-order valence-electron chi connectivity index (χ3n) is 6.55. The Bertz CT molecular complexity index is 2060. The third kappa shape index (κ3) is 6.22. The quantitative estimate of drug-likeness (QED) is 0.275. The zero-order valence-electron chi connectivity index (χ0n) is 30.4. The first-order valence-corrected chi connectivity index (χ1v) is 14.0. The Morgan fingerprint density at radius 3 is 2.54 bits per heavy atom. The number of anilines is 1. The molecular formula is C31H33N3O6S. The minimum atomic E-state index is -4.13. The molecule has 1 heterocycles. The first-order chi connectivity index (χ1) is 22.7. The minimum absolute atomic E-state index is 0.0178. The van der Waals surface area contributed by atoms with Gasteiger partial charge in [0.05, 0.1) is 12.0 Å². The highest BCUT2D eigenvalue weighted by Gasteiger charge is 2.22. The maximum atomic E-state index is 13.0. The van der Waals surface area contributed by atoms with Crippen LogP contribution in [0.25, 0.3) is 10.9 Å². The number of benzene rings is 3. The number of amides is 2. The number of sulfonamides is 1. The van der Waals surface area contributed by atoms with Gasteiger partial charge in [-0.2, -0.15) is 0 Å². The van der Waals surface area contributed by atoms with Crippen molar-refractivity contribution in [2.75, 3.05) is 12.4 Å². The maximum absolute atomic E-state index is 13.0. The lowest BCUT2D eigenvalue weighted by molar-refractivity contribution is 0.0980. The molecule has 1 fully saturated rings. The predicted octanol–water partition coefficient (Wildman–Crippen LogP) is 5.70. The topological polar surface area (TPSA) is 116 Å². The van der Waals surface area contributed by atoms with Crippen molar-refractivity contribution in [1.29, 1.82) is 0 Å². The summed E-state index contributed by atoms with van der Waals surface area (Å²) in [5.41, 5.74) is 2.89. The van der Waals surface area contributed by atoms with E-state index >= 15 is 0 Å². The summed E-state index contributed by atoms with van der Waals surface area (Å²) in [4.78, 5) is 25.8. The Hall–Kier alpha value is -4.31. The third-order valence-corrected chi connectivity index (χ3v) is 8.04. The normalized spacial score (nSPS) is 21.5. The van der Waals surface area contributed by atoms with Crippen LogP contribution in [0, 0.1) is 6.92 Å². The number of methoxy groups -OCH3 is 1. The van der Waals surface area contributed by atoms with E-state index in [-0.39, 0.29) is 22.6 Å². The molecule has 1 aromatic heterocycles. The summed E-state index contributed by atoms with van der Waals surface area (Å²) < 4.78 is 104. The largest absolute Gasteiger partial charge is 0.496 e. The first-order valence-electron chi connectivity index (χ1n) is 16.5. The van der Waals surface area contributed by atoms with E-state index in [1.807, 2.05) is 10.8 Å². The van der Waals surface area contributed by atoms with E-state index in [0.717, 1.165) is 11.1 Å². The number of nitrogens with one attached hydrogen (secondary N) is 2. The lowest BCUT2D eigenvalue weighted by Crippen LogP contribution is -2.31. The van der Waals surface area contributed by atoms with E-state index in [1.54, 1.807) is 50.4 Å². The summed E-state index contributed by atoms with van der Waals surface area (Å²) in [6, 6.07) is 15.6. The second-order valence-electron chi connectivity index (χ2n) is 9.35. The average Bonchev–Trinajstić information content (AvgIpc) is 3.35. The van der Waals surface area contributed by atoms with Crippen molar-refractivity contribution in [3.63, 3.8) is 0 Å².